The molecule has 30 heavy (non-hydrogen) atoms. The van der Waals surface area contributed by atoms with Crippen molar-refractivity contribution in [3.05, 3.63) is 59.7 Å². The molecule has 0 aromatic heterocycles. The zero-order valence-electron chi connectivity index (χ0n) is 18.2. The smallest absolute Gasteiger partial charge is 0.251 e. The van der Waals surface area contributed by atoms with Gasteiger partial charge in [-0.05, 0) is 61.4 Å². The molecule has 1 amide bonds. The normalized spacial score (nSPS) is 18.3. The summed E-state index contributed by atoms with van der Waals surface area (Å²) in [6.07, 6.45) is 10.4. The summed E-state index contributed by atoms with van der Waals surface area (Å²) in [5, 5.41) is 2.40. The number of benzene rings is 2. The molecule has 2 aromatic carbocycles. The van der Waals surface area contributed by atoms with Crippen LogP contribution in [0.1, 0.15) is 56.4 Å². The van der Waals surface area contributed by atoms with Crippen molar-refractivity contribution in [2.24, 2.45) is 5.92 Å². The van der Waals surface area contributed by atoms with E-state index in [-0.39, 0.29) is 12.6 Å². The van der Waals surface area contributed by atoms with Gasteiger partial charge in [0.1, 0.15) is 9.84 Å². The maximum atomic E-state index is 11.6. The zero-order valence-corrected chi connectivity index (χ0v) is 19.0. The maximum absolute atomic E-state index is 11.6. The molecule has 2 aromatic rings. The molecule has 1 N–H and O–H groups in total. The van der Waals surface area contributed by atoms with Crippen LogP contribution in [0.5, 0.6) is 0 Å². The van der Waals surface area contributed by atoms with Crippen LogP contribution >= 0.6 is 0 Å². The van der Waals surface area contributed by atoms with Crippen LogP contribution in [0.2, 0.25) is 0 Å². The van der Waals surface area contributed by atoms with E-state index in [2.05, 4.69) is 35.5 Å². The summed E-state index contributed by atoms with van der Waals surface area (Å²) in [6, 6.07) is 16.4. The maximum Gasteiger partial charge on any atom is 0.251 e. The van der Waals surface area contributed by atoms with E-state index >= 15 is 0 Å². The van der Waals surface area contributed by atoms with Crippen LogP contribution in [0.15, 0.2) is 48.5 Å². The number of hydrogen-bond donors (Lipinski definition) is 1. The minimum atomic E-state index is -2.74. The number of nitrogens with one attached hydrogen (secondary N) is 1. The predicted octanol–water partition coefficient (Wildman–Crippen LogP) is 4.92. The van der Waals surface area contributed by atoms with Gasteiger partial charge in [0.05, 0.1) is 5.25 Å². The lowest BCUT2D eigenvalue weighted by Crippen LogP contribution is -2.17. The lowest BCUT2D eigenvalue weighted by molar-refractivity contribution is 0.0963. The third-order valence-electron chi connectivity index (χ3n) is 5.63. The number of amides is 1. The van der Waals surface area contributed by atoms with Gasteiger partial charge in [-0.1, -0.05) is 42.8 Å². The second-order valence-electron chi connectivity index (χ2n) is 7.97. The summed E-state index contributed by atoms with van der Waals surface area (Å²) < 4.78 is 20.7. The van der Waals surface area contributed by atoms with Gasteiger partial charge in [-0.25, -0.2) is 8.42 Å². The quantitative estimate of drug-likeness (QED) is 0.705. The van der Waals surface area contributed by atoms with E-state index in [0.717, 1.165) is 17.5 Å². The summed E-state index contributed by atoms with van der Waals surface area (Å²) in [5.41, 5.74) is 4.29. The Morgan fingerprint density at radius 3 is 2.00 bits per heavy atom. The molecule has 1 aliphatic rings. The Bertz CT molecular complexity index is 991. The second-order valence-corrected chi connectivity index (χ2v) is 10.6. The molecule has 5 heteroatoms. The highest BCUT2D eigenvalue weighted by atomic mass is 32.2. The topological polar surface area (TPSA) is 63.2 Å². The fourth-order valence-electron chi connectivity index (χ4n) is 3.44. The van der Waals surface area contributed by atoms with E-state index in [1.807, 2.05) is 24.3 Å². The zero-order chi connectivity index (χ0) is 22.3. The molecule has 3 rings (SSSR count). The van der Waals surface area contributed by atoms with E-state index in [9.17, 15) is 13.2 Å². The second kappa shape index (κ2) is 10.4. The van der Waals surface area contributed by atoms with Gasteiger partial charge in [0, 0.05) is 26.2 Å². The van der Waals surface area contributed by atoms with Gasteiger partial charge < -0.3 is 5.32 Å². The lowest BCUT2D eigenvalue weighted by Gasteiger charge is -2.15. The van der Waals surface area contributed by atoms with Crippen molar-refractivity contribution in [1.82, 2.24) is 5.32 Å². The summed E-state index contributed by atoms with van der Waals surface area (Å²) in [4.78, 5) is 11.6. The highest BCUT2D eigenvalue weighted by molar-refractivity contribution is 7.91. The van der Waals surface area contributed by atoms with E-state index < -0.39 is 9.84 Å². The lowest BCUT2D eigenvalue weighted by atomic mass is 9.88. The van der Waals surface area contributed by atoms with Gasteiger partial charge in [0.2, 0.25) is 0 Å². The monoisotopic (exact) mass is 427 g/mol. The molecule has 0 bridgehead atoms. The van der Waals surface area contributed by atoms with E-state index in [1.54, 1.807) is 20.9 Å². The molecular formula is C25H33NO3S. The van der Waals surface area contributed by atoms with Gasteiger partial charge in [-0.3, -0.25) is 4.79 Å². The van der Waals surface area contributed by atoms with Gasteiger partial charge in [0.25, 0.3) is 5.91 Å². The van der Waals surface area contributed by atoms with Crippen molar-refractivity contribution in [1.29, 1.82) is 0 Å². The van der Waals surface area contributed by atoms with Gasteiger partial charge in [0.15, 0.2) is 0 Å². The largest absolute Gasteiger partial charge is 0.355 e. The summed E-state index contributed by atoms with van der Waals surface area (Å²) in [7, 11) is -1.10. The molecule has 162 valence electrons. The number of carbonyl (C=O) groups is 1. The van der Waals surface area contributed by atoms with E-state index in [0.29, 0.717) is 17.4 Å². The molecule has 1 unspecified atom stereocenters. The highest BCUT2D eigenvalue weighted by Crippen LogP contribution is 2.39. The van der Waals surface area contributed by atoms with E-state index in [1.165, 1.54) is 24.7 Å². The third kappa shape index (κ3) is 6.21. The molecule has 0 saturated heterocycles. The molecule has 1 saturated carbocycles. The molecule has 0 heterocycles. The van der Waals surface area contributed by atoms with Crippen LogP contribution in [0.25, 0.3) is 11.1 Å². The first kappa shape index (κ1) is 23.7. The SMILES string of the molecule is C#C[C@@H]1CCCC1c1ccc(-c2ccc(C(=O)NC)cc2)cc1.CC(C)S(C)(=O)=O.[HH]. The number of hydrogen-bond acceptors (Lipinski definition) is 3. The molecule has 0 radical (unpaired) electrons. The van der Waals surface area contributed by atoms with Crippen LogP contribution in [0.3, 0.4) is 0 Å². The number of sulfone groups is 1. The summed E-state index contributed by atoms with van der Waals surface area (Å²) in [6.45, 7) is 3.32. The first-order chi connectivity index (χ1) is 14.2. The van der Waals surface area contributed by atoms with Crippen molar-refractivity contribution in [2.75, 3.05) is 13.3 Å². The molecular weight excluding hydrogens is 394 g/mol. The van der Waals surface area contributed by atoms with Crippen LogP contribution in [-0.4, -0.2) is 32.9 Å². The van der Waals surface area contributed by atoms with Gasteiger partial charge in [-0.2, -0.15) is 0 Å². The first-order valence-electron chi connectivity index (χ1n) is 10.2. The summed E-state index contributed by atoms with van der Waals surface area (Å²) in [5.74, 6) is 3.77. The van der Waals surface area contributed by atoms with Crippen LogP contribution in [0.4, 0.5) is 0 Å². The van der Waals surface area contributed by atoms with Crippen molar-refractivity contribution in [2.45, 2.75) is 44.3 Å². The van der Waals surface area contributed by atoms with Crippen LogP contribution < -0.4 is 5.32 Å². The Balaban J connectivity index is 0.000000523. The minimum Gasteiger partial charge on any atom is -0.355 e. The fraction of sp³-hybridized carbons (Fsp3) is 0.400. The van der Waals surface area contributed by atoms with Crippen LogP contribution in [-0.2, 0) is 9.84 Å². The Morgan fingerprint density at radius 2 is 1.57 bits per heavy atom. The summed E-state index contributed by atoms with van der Waals surface area (Å²) >= 11 is 0. The number of terminal acetylenes is 1. The molecule has 0 aliphatic heterocycles. The fourth-order valence-corrected chi connectivity index (χ4v) is 3.44. The standard InChI is InChI=1S/C21H21NO.C4H10O2S.H2/c1-3-15-5-4-6-20(15)18-11-7-16(8-12-18)17-9-13-19(14-10-17)21(23)22-2;1-4(2)7(3,5)6;/h1,7-15,20H,4-6H2,2H3,(H,22,23);4H,1-3H3;1H/t15-,20?;;/m1../s1. The molecule has 2 atom stereocenters. The molecule has 1 fully saturated rings. The van der Waals surface area contributed by atoms with Crippen molar-refractivity contribution >= 4 is 15.7 Å². The van der Waals surface area contributed by atoms with Gasteiger partial charge >= 0.3 is 0 Å². The third-order valence-corrected chi connectivity index (χ3v) is 7.35. The molecule has 0 spiro atoms. The highest BCUT2D eigenvalue weighted by Gasteiger charge is 2.26. The number of carbonyl (C=O) groups excluding carboxylic acids is 1. The minimum absolute atomic E-state index is 0. The Hall–Kier alpha value is -2.58. The Kier molecular flexibility index (Phi) is 8.25. The van der Waals surface area contributed by atoms with Crippen molar-refractivity contribution in [3.63, 3.8) is 0 Å². The molecule has 1 aliphatic carbocycles. The Labute approximate surface area is 182 Å². The average Bonchev–Trinajstić information content (AvgIpc) is 3.22. The van der Waals surface area contributed by atoms with Crippen LogP contribution in [0, 0.1) is 18.3 Å². The van der Waals surface area contributed by atoms with Gasteiger partial charge in [-0.15, -0.1) is 12.3 Å². The van der Waals surface area contributed by atoms with Crippen molar-refractivity contribution in [3.8, 4) is 23.5 Å². The Morgan fingerprint density at radius 1 is 1.07 bits per heavy atom. The molecule has 4 nitrogen and oxygen atoms in total. The predicted molar refractivity (Wildman–Crippen MR) is 126 cm³/mol. The first-order valence-corrected chi connectivity index (χ1v) is 12.2. The average molecular weight is 428 g/mol. The van der Waals surface area contributed by atoms with Crippen molar-refractivity contribution < 1.29 is 14.6 Å². The number of rotatable bonds is 4. The van der Waals surface area contributed by atoms with E-state index in [4.69, 9.17) is 6.42 Å².